The highest BCUT2D eigenvalue weighted by Gasteiger charge is 2.03. The molecule has 0 amide bonds. The summed E-state index contributed by atoms with van der Waals surface area (Å²) < 4.78 is 1.10. The molecule has 0 spiro atoms. The topological polar surface area (TPSA) is 38.0 Å². The summed E-state index contributed by atoms with van der Waals surface area (Å²) in [5.41, 5.74) is 6.80. The Hall–Kier alpha value is -0.540. The maximum absolute atomic E-state index is 5.66. The molecule has 1 aromatic rings. The molecule has 14 heavy (non-hydrogen) atoms. The van der Waals surface area contributed by atoms with Crippen molar-refractivity contribution in [2.24, 2.45) is 5.73 Å². The van der Waals surface area contributed by atoms with Crippen molar-refractivity contribution in [3.05, 3.63) is 28.7 Å². The average Bonchev–Trinajstić information content (AvgIpc) is 2.20. The van der Waals surface area contributed by atoms with Gasteiger partial charge in [-0.2, -0.15) is 0 Å². The van der Waals surface area contributed by atoms with E-state index in [1.54, 1.807) is 0 Å². The summed E-state index contributed by atoms with van der Waals surface area (Å²) in [6.07, 6.45) is 2.28. The molecule has 0 saturated carbocycles. The minimum Gasteiger partial charge on any atom is -0.381 e. The van der Waals surface area contributed by atoms with E-state index in [1.165, 1.54) is 0 Å². The first-order chi connectivity index (χ1) is 6.76. The van der Waals surface area contributed by atoms with Crippen LogP contribution in [0.15, 0.2) is 28.7 Å². The highest BCUT2D eigenvalue weighted by Crippen LogP contribution is 2.15. The van der Waals surface area contributed by atoms with Gasteiger partial charge in [-0.25, -0.2) is 0 Å². The quantitative estimate of drug-likeness (QED) is 0.851. The molecule has 0 aliphatic heterocycles. The fraction of sp³-hybridized carbons (Fsp3) is 0.455. The number of anilines is 1. The van der Waals surface area contributed by atoms with Gasteiger partial charge in [0.15, 0.2) is 0 Å². The normalized spacial score (nSPS) is 12.5. The van der Waals surface area contributed by atoms with Crippen LogP contribution in [0.4, 0.5) is 5.69 Å². The second kappa shape index (κ2) is 6.04. The molecule has 0 aliphatic carbocycles. The van der Waals surface area contributed by atoms with E-state index in [4.69, 9.17) is 5.73 Å². The Morgan fingerprint density at radius 1 is 1.36 bits per heavy atom. The van der Waals surface area contributed by atoms with Crippen molar-refractivity contribution in [3.8, 4) is 0 Å². The van der Waals surface area contributed by atoms with Crippen molar-refractivity contribution >= 4 is 21.6 Å². The highest BCUT2D eigenvalue weighted by molar-refractivity contribution is 9.10. The van der Waals surface area contributed by atoms with Crippen molar-refractivity contribution in [1.29, 1.82) is 0 Å². The molecule has 1 rings (SSSR count). The molecule has 0 saturated heterocycles. The van der Waals surface area contributed by atoms with Gasteiger partial charge in [-0.05, 0) is 30.7 Å². The fourth-order valence-corrected chi connectivity index (χ4v) is 1.64. The lowest BCUT2D eigenvalue weighted by atomic mass is 10.1. The van der Waals surface area contributed by atoms with Crippen LogP contribution in [0.25, 0.3) is 0 Å². The molecule has 3 heteroatoms. The van der Waals surface area contributed by atoms with E-state index in [1.807, 2.05) is 12.1 Å². The molecule has 78 valence electrons. The lowest BCUT2D eigenvalue weighted by Crippen LogP contribution is -2.28. The minimum atomic E-state index is 0.390. The Bertz CT molecular complexity index is 258. The molecular formula is C11H17BrN2. The predicted molar refractivity (Wildman–Crippen MR) is 65.5 cm³/mol. The summed E-state index contributed by atoms with van der Waals surface area (Å²) in [5.74, 6) is 0. The summed E-state index contributed by atoms with van der Waals surface area (Å²) in [6, 6.07) is 8.57. The third-order valence-electron chi connectivity index (χ3n) is 2.14. The molecule has 1 unspecified atom stereocenters. The number of halogens is 1. The number of nitrogens with two attached hydrogens (primary N) is 1. The SMILES string of the molecule is CCCC(CN)Nc1ccc(Br)cc1. The zero-order chi connectivity index (χ0) is 10.4. The second-order valence-electron chi connectivity index (χ2n) is 3.37. The average molecular weight is 257 g/mol. The Kier molecular flexibility index (Phi) is 4.98. The summed E-state index contributed by atoms with van der Waals surface area (Å²) in [5, 5.41) is 3.41. The van der Waals surface area contributed by atoms with Crippen LogP contribution in [0.5, 0.6) is 0 Å². The van der Waals surface area contributed by atoms with Gasteiger partial charge >= 0.3 is 0 Å². The van der Waals surface area contributed by atoms with Crippen LogP contribution in [-0.2, 0) is 0 Å². The van der Waals surface area contributed by atoms with Crippen LogP contribution in [0.2, 0.25) is 0 Å². The summed E-state index contributed by atoms with van der Waals surface area (Å²) in [4.78, 5) is 0. The van der Waals surface area contributed by atoms with Gasteiger partial charge in [-0.1, -0.05) is 29.3 Å². The van der Waals surface area contributed by atoms with Crippen molar-refractivity contribution in [2.45, 2.75) is 25.8 Å². The van der Waals surface area contributed by atoms with Gasteiger partial charge in [0.05, 0.1) is 0 Å². The van der Waals surface area contributed by atoms with E-state index in [-0.39, 0.29) is 0 Å². The van der Waals surface area contributed by atoms with Crippen LogP contribution in [-0.4, -0.2) is 12.6 Å². The molecule has 0 bridgehead atoms. The Morgan fingerprint density at radius 3 is 2.50 bits per heavy atom. The second-order valence-corrected chi connectivity index (χ2v) is 4.29. The van der Waals surface area contributed by atoms with Gasteiger partial charge < -0.3 is 11.1 Å². The van der Waals surface area contributed by atoms with Crippen LogP contribution in [0.1, 0.15) is 19.8 Å². The van der Waals surface area contributed by atoms with E-state index in [0.717, 1.165) is 23.0 Å². The zero-order valence-corrected chi connectivity index (χ0v) is 10.0. The first-order valence-corrected chi connectivity index (χ1v) is 5.77. The molecule has 3 N–H and O–H groups in total. The van der Waals surface area contributed by atoms with Gasteiger partial charge in [-0.3, -0.25) is 0 Å². The molecule has 0 heterocycles. The zero-order valence-electron chi connectivity index (χ0n) is 8.46. The maximum atomic E-state index is 5.66. The van der Waals surface area contributed by atoms with Gasteiger partial charge in [-0.15, -0.1) is 0 Å². The lowest BCUT2D eigenvalue weighted by molar-refractivity contribution is 0.648. The molecule has 0 fully saturated rings. The van der Waals surface area contributed by atoms with Gasteiger partial charge in [0, 0.05) is 22.7 Å². The first kappa shape index (κ1) is 11.5. The maximum Gasteiger partial charge on any atom is 0.0383 e. The lowest BCUT2D eigenvalue weighted by Gasteiger charge is -2.17. The third-order valence-corrected chi connectivity index (χ3v) is 2.67. The van der Waals surface area contributed by atoms with Crippen LogP contribution < -0.4 is 11.1 Å². The monoisotopic (exact) mass is 256 g/mol. The summed E-state index contributed by atoms with van der Waals surface area (Å²) in [7, 11) is 0. The van der Waals surface area contributed by atoms with Crippen LogP contribution in [0, 0.1) is 0 Å². The Balaban J connectivity index is 2.53. The molecule has 0 aromatic heterocycles. The standard InChI is InChI=1S/C11H17BrN2/c1-2-3-11(8-13)14-10-6-4-9(12)5-7-10/h4-7,11,14H,2-3,8,13H2,1H3. The van der Waals surface area contributed by atoms with Gasteiger partial charge in [0.1, 0.15) is 0 Å². The first-order valence-electron chi connectivity index (χ1n) is 4.98. The molecule has 0 radical (unpaired) electrons. The van der Waals surface area contributed by atoms with Crippen molar-refractivity contribution in [3.63, 3.8) is 0 Å². The van der Waals surface area contributed by atoms with E-state index >= 15 is 0 Å². The molecule has 1 aromatic carbocycles. The fourth-order valence-electron chi connectivity index (χ4n) is 1.38. The Labute approximate surface area is 94.0 Å². The smallest absolute Gasteiger partial charge is 0.0383 e. The van der Waals surface area contributed by atoms with Crippen LogP contribution >= 0.6 is 15.9 Å². The van der Waals surface area contributed by atoms with Gasteiger partial charge in [0.2, 0.25) is 0 Å². The number of hydrogen-bond acceptors (Lipinski definition) is 2. The number of hydrogen-bond donors (Lipinski definition) is 2. The van der Waals surface area contributed by atoms with Crippen LogP contribution in [0.3, 0.4) is 0 Å². The van der Waals surface area contributed by atoms with Gasteiger partial charge in [0.25, 0.3) is 0 Å². The summed E-state index contributed by atoms with van der Waals surface area (Å²) >= 11 is 3.41. The van der Waals surface area contributed by atoms with E-state index in [0.29, 0.717) is 12.6 Å². The van der Waals surface area contributed by atoms with Crippen molar-refractivity contribution in [1.82, 2.24) is 0 Å². The number of benzene rings is 1. The highest BCUT2D eigenvalue weighted by atomic mass is 79.9. The largest absolute Gasteiger partial charge is 0.381 e. The molecule has 1 atom stereocenters. The third kappa shape index (κ3) is 3.68. The van der Waals surface area contributed by atoms with E-state index in [2.05, 4.69) is 40.3 Å². The summed E-state index contributed by atoms with van der Waals surface area (Å²) in [6.45, 7) is 2.86. The number of nitrogens with one attached hydrogen (secondary N) is 1. The van der Waals surface area contributed by atoms with E-state index in [9.17, 15) is 0 Å². The molecule has 2 nitrogen and oxygen atoms in total. The van der Waals surface area contributed by atoms with E-state index < -0.39 is 0 Å². The Morgan fingerprint density at radius 2 is 2.00 bits per heavy atom. The molecular weight excluding hydrogens is 240 g/mol. The molecule has 0 aliphatic rings. The van der Waals surface area contributed by atoms with Crippen molar-refractivity contribution < 1.29 is 0 Å². The minimum absolute atomic E-state index is 0.390. The van der Waals surface area contributed by atoms with Crippen molar-refractivity contribution in [2.75, 3.05) is 11.9 Å². The predicted octanol–water partition coefficient (Wildman–Crippen LogP) is 2.99. The number of rotatable bonds is 5.